The third-order valence-corrected chi connectivity index (χ3v) is 5.74. The molecule has 0 N–H and O–H groups in total. The molecule has 1 aromatic rings. The molecule has 0 saturated heterocycles. The Labute approximate surface area is 145 Å². The summed E-state index contributed by atoms with van der Waals surface area (Å²) >= 11 is 0. The summed E-state index contributed by atoms with van der Waals surface area (Å²) in [5.41, 5.74) is 1.03. The summed E-state index contributed by atoms with van der Waals surface area (Å²) in [5.74, 6) is 0.872. The first-order valence-electron chi connectivity index (χ1n) is 7.64. The Kier molecular flexibility index (Phi) is 4.86. The van der Waals surface area contributed by atoms with Crippen LogP contribution in [0, 0.1) is 0 Å². The van der Waals surface area contributed by atoms with Crippen LogP contribution in [0.5, 0.6) is 5.75 Å². The van der Waals surface area contributed by atoms with Gasteiger partial charge in [-0.1, -0.05) is 18.2 Å². The van der Waals surface area contributed by atoms with Crippen LogP contribution >= 0.6 is 7.60 Å². The fraction of sp³-hybridized carbons (Fsp3) is 0.222. The Bertz CT molecular complexity index is 870. The lowest BCUT2D eigenvalue weighted by Gasteiger charge is -2.14. The summed E-state index contributed by atoms with van der Waals surface area (Å²) in [5, 5.41) is 0. The largest absolute Gasteiger partial charge is 0.456 e. The molecule has 1 heterocycles. The Morgan fingerprint density at radius 1 is 1.28 bits per heavy atom. The summed E-state index contributed by atoms with van der Waals surface area (Å²) in [6.45, 7) is 0. The highest BCUT2D eigenvalue weighted by Crippen LogP contribution is 2.48. The highest BCUT2D eigenvalue weighted by Gasteiger charge is 2.32. The molecule has 3 rings (SSSR count). The van der Waals surface area contributed by atoms with Gasteiger partial charge in [0.2, 0.25) is 5.52 Å². The molecule has 25 heavy (non-hydrogen) atoms. The highest BCUT2D eigenvalue weighted by atomic mass is 31.2. The molecule has 1 aromatic carbocycles. The minimum atomic E-state index is -3.80. The summed E-state index contributed by atoms with van der Waals surface area (Å²) < 4.78 is 27.4. The first-order valence-corrected chi connectivity index (χ1v) is 9.19. The third kappa shape index (κ3) is 3.42. The third-order valence-electron chi connectivity index (χ3n) is 4.01. The van der Waals surface area contributed by atoms with Gasteiger partial charge in [0.05, 0.1) is 5.56 Å². The normalized spacial score (nSPS) is 16.2. The van der Waals surface area contributed by atoms with Crippen molar-refractivity contribution in [1.29, 1.82) is 0 Å². The van der Waals surface area contributed by atoms with Crippen molar-refractivity contribution in [3.05, 3.63) is 65.0 Å². The first kappa shape index (κ1) is 17.5. The maximum atomic E-state index is 12.5. The van der Waals surface area contributed by atoms with Crippen molar-refractivity contribution in [3.8, 4) is 5.75 Å². The molecule has 0 amide bonds. The van der Waals surface area contributed by atoms with Crippen LogP contribution in [0.25, 0.3) is 0 Å². The Balaban J connectivity index is 1.91. The van der Waals surface area contributed by atoms with Crippen LogP contribution in [0.3, 0.4) is 0 Å². The molecule has 0 radical (unpaired) electrons. The summed E-state index contributed by atoms with van der Waals surface area (Å²) in [4.78, 5) is 24.7. The van der Waals surface area contributed by atoms with E-state index in [1.807, 2.05) is 18.2 Å². The van der Waals surface area contributed by atoms with Crippen LogP contribution in [0.1, 0.15) is 22.3 Å². The van der Waals surface area contributed by atoms with E-state index in [4.69, 9.17) is 13.8 Å². The van der Waals surface area contributed by atoms with Gasteiger partial charge in [0.1, 0.15) is 11.5 Å². The Morgan fingerprint density at radius 2 is 2.04 bits per heavy atom. The van der Waals surface area contributed by atoms with Gasteiger partial charge in [0.25, 0.3) is 0 Å². The van der Waals surface area contributed by atoms with Gasteiger partial charge in [-0.25, -0.2) is 0 Å². The molecule has 130 valence electrons. The number of benzene rings is 1. The Morgan fingerprint density at radius 3 is 2.76 bits per heavy atom. The molecular formula is C18H17O6P. The summed E-state index contributed by atoms with van der Waals surface area (Å²) in [6.07, 6.45) is 7.63. The number of rotatable bonds is 5. The maximum absolute atomic E-state index is 12.5. The van der Waals surface area contributed by atoms with Crippen molar-refractivity contribution in [1.82, 2.24) is 0 Å². The van der Waals surface area contributed by atoms with E-state index in [9.17, 15) is 14.2 Å². The van der Waals surface area contributed by atoms with Gasteiger partial charge in [0.15, 0.2) is 5.78 Å². The Hall–Kier alpha value is -2.27. The number of allylic oxidation sites excluding steroid dienone is 5. The van der Waals surface area contributed by atoms with Crippen LogP contribution in [0.2, 0.25) is 0 Å². The fourth-order valence-corrected chi connectivity index (χ4v) is 3.59. The zero-order valence-corrected chi connectivity index (χ0v) is 14.7. The molecule has 0 fully saturated rings. The predicted molar refractivity (Wildman–Crippen MR) is 91.7 cm³/mol. The molecule has 2 aliphatic rings. The van der Waals surface area contributed by atoms with Crippen molar-refractivity contribution in [2.45, 2.75) is 12.8 Å². The quantitative estimate of drug-likeness (QED) is 0.747. The minimum absolute atomic E-state index is 0.166. The first-order chi connectivity index (χ1) is 12.0. The molecule has 0 atom stereocenters. The molecule has 7 heteroatoms. The van der Waals surface area contributed by atoms with E-state index in [1.165, 1.54) is 0 Å². The molecule has 0 unspecified atom stereocenters. The second-order valence-electron chi connectivity index (χ2n) is 5.56. The lowest BCUT2D eigenvalue weighted by molar-refractivity contribution is -0.113. The standard InChI is InChI=1S/C18H17O6P/c1-22-25(21,23-2)18(20)10-12-7-8-17-14(9-12)15(19)11-13-5-3-4-6-16(13)24-17/h3-4,6-9,11H,5,10H2,1-2H3. The van der Waals surface area contributed by atoms with Gasteiger partial charge in [0, 0.05) is 26.2 Å². The predicted octanol–water partition coefficient (Wildman–Crippen LogP) is 3.59. The molecular weight excluding hydrogens is 343 g/mol. The second kappa shape index (κ2) is 6.92. The van der Waals surface area contributed by atoms with Gasteiger partial charge in [-0.05, 0) is 36.3 Å². The van der Waals surface area contributed by atoms with Crippen LogP contribution in [-0.4, -0.2) is 25.5 Å². The average Bonchev–Trinajstić information content (AvgIpc) is 2.77. The molecule has 1 aliphatic heterocycles. The zero-order chi connectivity index (χ0) is 18.0. The van der Waals surface area contributed by atoms with Crippen molar-refractivity contribution >= 4 is 18.9 Å². The molecule has 0 aromatic heterocycles. The zero-order valence-electron chi connectivity index (χ0n) is 13.9. The number of ketones is 1. The van der Waals surface area contributed by atoms with Crippen molar-refractivity contribution in [3.63, 3.8) is 0 Å². The van der Waals surface area contributed by atoms with Crippen LogP contribution < -0.4 is 4.74 Å². The van der Waals surface area contributed by atoms with E-state index in [0.717, 1.165) is 19.8 Å². The van der Waals surface area contributed by atoms with Gasteiger partial charge in [-0.2, -0.15) is 0 Å². The van der Waals surface area contributed by atoms with E-state index in [-0.39, 0.29) is 12.2 Å². The van der Waals surface area contributed by atoms with Crippen LogP contribution in [0.4, 0.5) is 0 Å². The van der Waals surface area contributed by atoms with E-state index >= 15 is 0 Å². The van der Waals surface area contributed by atoms with Gasteiger partial charge >= 0.3 is 7.60 Å². The number of carbonyl (C=O) groups is 2. The fourth-order valence-electron chi connectivity index (χ4n) is 2.66. The smallest absolute Gasteiger partial charge is 0.396 e. The lowest BCUT2D eigenvalue weighted by Crippen LogP contribution is -2.08. The lowest BCUT2D eigenvalue weighted by atomic mass is 10.0. The van der Waals surface area contributed by atoms with E-state index < -0.39 is 13.1 Å². The van der Waals surface area contributed by atoms with Crippen LogP contribution in [-0.2, 0) is 24.8 Å². The minimum Gasteiger partial charge on any atom is -0.456 e. The number of ether oxygens (including phenoxy) is 1. The summed E-state index contributed by atoms with van der Waals surface area (Å²) in [6, 6.07) is 4.87. The summed E-state index contributed by atoms with van der Waals surface area (Å²) in [7, 11) is -1.48. The average molecular weight is 360 g/mol. The van der Waals surface area contributed by atoms with Crippen molar-refractivity contribution in [2.24, 2.45) is 0 Å². The van der Waals surface area contributed by atoms with Gasteiger partial charge in [-0.15, -0.1) is 0 Å². The number of carbonyl (C=O) groups excluding carboxylic acids is 2. The topological polar surface area (TPSA) is 78.9 Å². The molecule has 0 bridgehead atoms. The van der Waals surface area contributed by atoms with E-state index in [1.54, 1.807) is 24.3 Å². The number of fused-ring (bicyclic) bond motifs is 2. The monoisotopic (exact) mass is 360 g/mol. The van der Waals surface area contributed by atoms with E-state index in [2.05, 4.69) is 0 Å². The number of hydrogen-bond acceptors (Lipinski definition) is 6. The molecule has 1 aliphatic carbocycles. The number of hydrogen-bond donors (Lipinski definition) is 0. The van der Waals surface area contributed by atoms with Gasteiger partial charge < -0.3 is 13.8 Å². The molecule has 0 saturated carbocycles. The SMILES string of the molecule is COP(=O)(OC)C(=O)Cc1ccc2c(c1)C(=O)C=C1CC=CC=C1O2. The second-order valence-corrected chi connectivity index (χ2v) is 7.79. The maximum Gasteiger partial charge on any atom is 0.396 e. The van der Waals surface area contributed by atoms with Crippen molar-refractivity contribution < 1.29 is 27.9 Å². The van der Waals surface area contributed by atoms with Crippen molar-refractivity contribution in [2.75, 3.05) is 14.2 Å². The molecule has 0 spiro atoms. The van der Waals surface area contributed by atoms with Gasteiger partial charge in [-0.3, -0.25) is 14.2 Å². The highest BCUT2D eigenvalue weighted by molar-refractivity contribution is 7.71. The molecule has 6 nitrogen and oxygen atoms in total. The van der Waals surface area contributed by atoms with Crippen LogP contribution in [0.15, 0.2) is 53.8 Å². The van der Waals surface area contributed by atoms with E-state index in [0.29, 0.717) is 29.1 Å².